The second kappa shape index (κ2) is 17.2. The lowest BCUT2D eigenvalue weighted by Gasteiger charge is -2.26. The maximum atomic E-state index is 4.06. The van der Waals surface area contributed by atoms with Gasteiger partial charge in [0.25, 0.3) is 0 Å². The molecule has 3 heterocycles. The highest BCUT2D eigenvalue weighted by molar-refractivity contribution is 7.26. The molecule has 11 aromatic rings. The average Bonchev–Trinajstić information content (AvgIpc) is 3.91. The molecule has 0 atom stereocenters. The molecule has 12 rings (SSSR count). The van der Waals surface area contributed by atoms with Crippen molar-refractivity contribution in [1.82, 2.24) is 4.57 Å². The molecule has 4 heteroatoms. The van der Waals surface area contributed by atoms with Crippen LogP contribution in [-0.2, 0) is 12.8 Å². The molecule has 0 unspecified atom stereocenters. The summed E-state index contributed by atoms with van der Waals surface area (Å²) in [5.41, 5.74) is 19.3. The number of nitrogens with zero attached hydrogens (tertiary/aromatic N) is 1. The van der Waals surface area contributed by atoms with E-state index in [-0.39, 0.29) is 0 Å². The maximum absolute atomic E-state index is 4.06. The Morgan fingerprint density at radius 3 is 2.05 bits per heavy atom. The smallest absolute Gasteiger partial charge is 0.198 e. The van der Waals surface area contributed by atoms with Gasteiger partial charge in [0.2, 0.25) is 0 Å². The SMILES string of the molecule is CCCCCc1ccc(Nc2cc3c(cc2-c2cc(-c4ccccc4-c4ccccc4)c4c5ccccc5n5c4c2Bc2cc(CCCCC)ccc2-5)sc2c4ccccc4ccc32)cc1. The van der Waals surface area contributed by atoms with Gasteiger partial charge in [0.05, 0.1) is 5.52 Å². The predicted molar refractivity (Wildman–Crippen MR) is 290 cm³/mol. The molecule has 0 saturated carbocycles. The van der Waals surface area contributed by atoms with E-state index in [4.69, 9.17) is 0 Å². The van der Waals surface area contributed by atoms with Crippen LogP contribution < -0.4 is 16.2 Å². The Balaban J connectivity index is 1.16. The van der Waals surface area contributed by atoms with Crippen LogP contribution in [0.1, 0.15) is 63.5 Å². The van der Waals surface area contributed by atoms with Crippen LogP contribution in [0.15, 0.2) is 176 Å². The van der Waals surface area contributed by atoms with Crippen LogP contribution in [0.25, 0.3) is 91.8 Å². The highest BCUT2D eigenvalue weighted by atomic mass is 32.1. The Bertz CT molecular complexity index is 3620. The van der Waals surface area contributed by atoms with Gasteiger partial charge >= 0.3 is 0 Å². The molecule has 0 aliphatic carbocycles. The molecule has 1 N–H and O–H groups in total. The number of unbranched alkanes of at least 4 members (excludes halogenated alkanes) is 4. The molecular formula is C62H53BN2S. The molecule has 2 aromatic heterocycles. The van der Waals surface area contributed by atoms with Gasteiger partial charge in [-0.3, -0.25) is 0 Å². The zero-order valence-electron chi connectivity index (χ0n) is 38.0. The molecular weight excluding hydrogens is 816 g/mol. The van der Waals surface area contributed by atoms with E-state index in [0.717, 1.165) is 31.5 Å². The molecule has 0 spiro atoms. The molecule has 0 fully saturated rings. The fraction of sp³-hybridized carbons (Fsp3) is 0.161. The number of aromatic nitrogens is 1. The number of fused-ring (bicyclic) bond motifs is 10. The van der Waals surface area contributed by atoms with Crippen LogP contribution in [0.5, 0.6) is 0 Å². The zero-order chi connectivity index (χ0) is 44.1. The van der Waals surface area contributed by atoms with E-state index >= 15 is 0 Å². The molecule has 0 radical (unpaired) electrons. The first-order valence-electron chi connectivity index (χ1n) is 24.3. The normalized spacial score (nSPS) is 12.1. The third-order valence-corrected chi connectivity index (χ3v) is 15.5. The van der Waals surface area contributed by atoms with E-state index in [0.29, 0.717) is 0 Å². The Morgan fingerprint density at radius 1 is 0.515 bits per heavy atom. The van der Waals surface area contributed by atoms with Crippen molar-refractivity contribution < 1.29 is 0 Å². The van der Waals surface area contributed by atoms with E-state index in [9.17, 15) is 0 Å². The van der Waals surface area contributed by atoms with Crippen LogP contribution in [0.3, 0.4) is 0 Å². The van der Waals surface area contributed by atoms with Crippen LogP contribution >= 0.6 is 11.3 Å². The maximum Gasteiger partial charge on any atom is 0.198 e. The lowest BCUT2D eigenvalue weighted by atomic mass is 9.58. The molecule has 320 valence electrons. The molecule has 2 nitrogen and oxygen atoms in total. The second-order valence-corrected chi connectivity index (χ2v) is 19.5. The highest BCUT2D eigenvalue weighted by Crippen LogP contribution is 2.48. The number of anilines is 2. The summed E-state index contributed by atoms with van der Waals surface area (Å²) < 4.78 is 5.27. The van der Waals surface area contributed by atoms with Crippen LogP contribution in [-0.4, -0.2) is 11.8 Å². The van der Waals surface area contributed by atoms with Crippen molar-refractivity contribution in [2.45, 2.75) is 65.2 Å². The first kappa shape index (κ1) is 40.6. The summed E-state index contributed by atoms with van der Waals surface area (Å²) in [4.78, 5) is 0. The zero-order valence-corrected chi connectivity index (χ0v) is 38.8. The monoisotopic (exact) mass is 868 g/mol. The molecule has 66 heavy (non-hydrogen) atoms. The largest absolute Gasteiger partial charge is 0.355 e. The van der Waals surface area contributed by atoms with Crippen molar-refractivity contribution in [3.8, 4) is 39.1 Å². The van der Waals surface area contributed by atoms with Gasteiger partial charge in [0.15, 0.2) is 7.28 Å². The number of hydrogen-bond acceptors (Lipinski definition) is 2. The lowest BCUT2D eigenvalue weighted by Crippen LogP contribution is -2.37. The highest BCUT2D eigenvalue weighted by Gasteiger charge is 2.30. The summed E-state index contributed by atoms with van der Waals surface area (Å²) in [7, 11) is 0.862. The van der Waals surface area contributed by atoms with Gasteiger partial charge in [0.1, 0.15) is 0 Å². The molecule has 1 aliphatic rings. The number of hydrogen-bond donors (Lipinski definition) is 1. The quantitative estimate of drug-likeness (QED) is 0.0902. The first-order chi connectivity index (χ1) is 32.6. The van der Waals surface area contributed by atoms with Crippen molar-refractivity contribution >= 4 is 93.7 Å². The van der Waals surface area contributed by atoms with E-state index in [1.807, 2.05) is 11.3 Å². The van der Waals surface area contributed by atoms with Gasteiger partial charge in [0, 0.05) is 59.1 Å². The van der Waals surface area contributed by atoms with E-state index in [2.05, 4.69) is 200 Å². The molecule has 0 amide bonds. The minimum atomic E-state index is 0.862. The van der Waals surface area contributed by atoms with Crippen molar-refractivity contribution in [3.05, 3.63) is 187 Å². The minimum absolute atomic E-state index is 0.862. The molecule has 0 bridgehead atoms. The molecule has 9 aromatic carbocycles. The third-order valence-electron chi connectivity index (χ3n) is 14.3. The number of benzene rings is 9. The summed E-state index contributed by atoms with van der Waals surface area (Å²) in [5, 5.41) is 11.9. The summed E-state index contributed by atoms with van der Waals surface area (Å²) in [6.45, 7) is 4.58. The van der Waals surface area contributed by atoms with Gasteiger partial charge in [-0.1, -0.05) is 178 Å². The topological polar surface area (TPSA) is 17.0 Å². The Morgan fingerprint density at radius 2 is 1.23 bits per heavy atom. The van der Waals surface area contributed by atoms with Crippen molar-refractivity contribution in [2.75, 3.05) is 5.32 Å². The van der Waals surface area contributed by atoms with Crippen molar-refractivity contribution in [1.29, 1.82) is 0 Å². The third kappa shape index (κ3) is 7.02. The van der Waals surface area contributed by atoms with Gasteiger partial charge in [-0.05, 0) is 123 Å². The number of aryl methyl sites for hydroxylation is 2. The van der Waals surface area contributed by atoms with E-state index in [1.54, 1.807) is 0 Å². The fourth-order valence-electron chi connectivity index (χ4n) is 11.0. The Labute approximate surface area is 392 Å². The summed E-state index contributed by atoms with van der Waals surface area (Å²) in [6, 6.07) is 66.7. The van der Waals surface area contributed by atoms with E-state index < -0.39 is 0 Å². The summed E-state index contributed by atoms with van der Waals surface area (Å²) in [5.74, 6) is 0. The minimum Gasteiger partial charge on any atom is -0.355 e. The summed E-state index contributed by atoms with van der Waals surface area (Å²) in [6.07, 6.45) is 9.66. The van der Waals surface area contributed by atoms with Gasteiger partial charge < -0.3 is 9.88 Å². The van der Waals surface area contributed by atoms with Gasteiger partial charge in [-0.25, -0.2) is 0 Å². The van der Waals surface area contributed by atoms with Gasteiger partial charge in [-0.15, -0.1) is 11.3 Å². The van der Waals surface area contributed by atoms with Gasteiger partial charge in [-0.2, -0.15) is 0 Å². The Hall–Kier alpha value is -6.88. The lowest BCUT2D eigenvalue weighted by molar-refractivity contribution is 0.717. The standard InChI is InChI=1S/C62H53BN2S/c1-3-5-8-18-40-28-32-44(33-29-40)64-55-38-51-48-34-31-43-22-12-13-24-46(43)62(48)66-58(51)39-50(55)53-37-52(47-25-15-14-23-45(47)42-20-10-7-11-21-42)59-49-26-16-17-27-56(49)65-57-35-30-41(19-9-6-4-2)36-54(57)63-60(53)61(59)65/h7,10-17,20-39,63-64H,3-6,8-9,18-19H2,1-2H3. The number of para-hydroxylation sites is 1. The summed E-state index contributed by atoms with van der Waals surface area (Å²) >= 11 is 1.93. The number of nitrogens with one attached hydrogen (secondary N) is 1. The number of rotatable bonds is 13. The Kier molecular flexibility index (Phi) is 10.6. The van der Waals surface area contributed by atoms with Crippen LogP contribution in [0.4, 0.5) is 11.4 Å². The predicted octanol–water partition coefficient (Wildman–Crippen LogP) is 16.2. The molecule has 1 aliphatic heterocycles. The number of thiophene rings is 1. The van der Waals surface area contributed by atoms with Crippen molar-refractivity contribution in [2.24, 2.45) is 0 Å². The van der Waals surface area contributed by atoms with Crippen molar-refractivity contribution in [3.63, 3.8) is 0 Å². The van der Waals surface area contributed by atoms with Crippen LogP contribution in [0, 0.1) is 0 Å². The molecule has 0 saturated heterocycles. The van der Waals surface area contributed by atoms with Crippen LogP contribution in [0.2, 0.25) is 0 Å². The first-order valence-corrected chi connectivity index (χ1v) is 25.1. The second-order valence-electron chi connectivity index (χ2n) is 18.5. The average molecular weight is 869 g/mol. The van der Waals surface area contributed by atoms with E-state index in [1.165, 1.54) is 152 Å². The fourth-order valence-corrected chi connectivity index (χ4v) is 12.2.